The number of nitrogens with zero attached hydrogens (tertiary/aromatic N) is 2. The third-order valence-corrected chi connectivity index (χ3v) is 8.94. The number of carbonyl (C=O) groups is 5. The number of non-ortho nitro benzene ring substituents is 1. The first kappa shape index (κ1) is 44.9. The number of primary amides is 1. The minimum atomic E-state index is -3.90. The van der Waals surface area contributed by atoms with E-state index in [0.29, 0.717) is 38.6 Å². The van der Waals surface area contributed by atoms with Crippen molar-refractivity contribution in [1.29, 1.82) is 0 Å². The number of unbranched alkanes of at least 4 members (excludes halogenated alkanes) is 3. The maximum absolute atomic E-state index is 13.0. The third kappa shape index (κ3) is 18.5. The van der Waals surface area contributed by atoms with Crippen LogP contribution in [0.25, 0.3) is 0 Å². The first-order chi connectivity index (χ1) is 25.5. The molecule has 2 aromatic rings. The number of hydrogen-bond acceptors (Lipinski definition) is 11. The van der Waals surface area contributed by atoms with Crippen LogP contribution < -0.4 is 26.4 Å². The quantitative estimate of drug-likeness (QED) is 0.0623. The minimum Gasteiger partial charge on any atom is -0.445 e. The number of sulfonamides is 1. The van der Waals surface area contributed by atoms with E-state index in [1.54, 1.807) is 32.9 Å². The van der Waals surface area contributed by atoms with Crippen molar-refractivity contribution in [2.75, 3.05) is 32.7 Å². The van der Waals surface area contributed by atoms with Crippen molar-refractivity contribution in [3.63, 3.8) is 0 Å². The molecule has 0 bridgehead atoms. The number of benzene rings is 2. The average Bonchev–Trinajstić information content (AvgIpc) is 3.10. The molecule has 18 nitrogen and oxygen atoms in total. The lowest BCUT2D eigenvalue weighted by Crippen LogP contribution is -2.50. The molecule has 0 radical (unpaired) electrons. The van der Waals surface area contributed by atoms with E-state index < -0.39 is 57.0 Å². The highest BCUT2D eigenvalue weighted by Crippen LogP contribution is 2.16. The lowest BCUT2D eigenvalue weighted by Gasteiger charge is -2.22. The zero-order valence-electron chi connectivity index (χ0n) is 30.8. The molecule has 0 aliphatic rings. The summed E-state index contributed by atoms with van der Waals surface area (Å²) >= 11 is 0. The summed E-state index contributed by atoms with van der Waals surface area (Å²) in [6.45, 7) is 5.93. The standard InChI is InChI=1S/C35H51N7O11S/c1-35(2,3)53-33(46)40-29(24-30(36)43)32(45)38-20-9-5-8-19-37-31(44)18-23-41(34(47)52-25-26-12-6-4-7-13-26)22-11-10-21-39-54(50,51)28-16-14-27(15-17-28)42(48)49/h4,6-7,12-17,29,39H,5,8-11,18-25H2,1-3H3,(H2,36,43)(H,37,44)(H,38,45)(H,40,46)/t29-/m0/s1. The van der Waals surface area contributed by atoms with Crippen molar-refractivity contribution in [2.45, 2.75) is 88.9 Å². The molecule has 0 heterocycles. The van der Waals surface area contributed by atoms with Crippen LogP contribution in [0.1, 0.15) is 71.3 Å². The SMILES string of the molecule is CC(C)(C)OC(=O)N[C@@H](CC(N)=O)C(=O)NCCCCCNC(=O)CCN(CCCCNS(=O)(=O)c1ccc([N+](=O)[O-])cc1)C(=O)OCc1ccccc1. The highest BCUT2D eigenvalue weighted by molar-refractivity contribution is 7.89. The molecule has 298 valence electrons. The number of ether oxygens (including phenoxy) is 2. The Kier molecular flexibility index (Phi) is 18.9. The van der Waals surface area contributed by atoms with E-state index >= 15 is 0 Å². The van der Waals surface area contributed by atoms with Crippen molar-refractivity contribution < 1.29 is 46.8 Å². The van der Waals surface area contributed by atoms with Gasteiger partial charge in [-0.05, 0) is 70.6 Å². The number of alkyl carbamates (subject to hydrolysis) is 1. The summed E-state index contributed by atoms with van der Waals surface area (Å²) in [4.78, 5) is 73.1. The molecule has 0 spiro atoms. The van der Waals surface area contributed by atoms with Crippen LogP contribution in [0.3, 0.4) is 0 Å². The summed E-state index contributed by atoms with van der Waals surface area (Å²) in [5.41, 5.74) is 4.98. The normalized spacial score (nSPS) is 11.8. The van der Waals surface area contributed by atoms with Gasteiger partial charge in [0.15, 0.2) is 0 Å². The molecular formula is C35H51N7O11S. The summed E-state index contributed by atoms with van der Waals surface area (Å²) in [6, 6.07) is 12.4. The van der Waals surface area contributed by atoms with Gasteiger partial charge in [-0.1, -0.05) is 30.3 Å². The van der Waals surface area contributed by atoms with E-state index in [1.807, 2.05) is 18.2 Å². The fourth-order valence-corrected chi connectivity index (χ4v) is 5.82. The second kappa shape index (κ2) is 22.7. The van der Waals surface area contributed by atoms with Gasteiger partial charge in [-0.15, -0.1) is 0 Å². The lowest BCUT2D eigenvalue weighted by atomic mass is 10.1. The van der Waals surface area contributed by atoms with Crippen LogP contribution in [0, 0.1) is 10.1 Å². The molecule has 1 atom stereocenters. The van der Waals surface area contributed by atoms with Crippen molar-refractivity contribution >= 4 is 45.6 Å². The number of nitrogens with two attached hydrogens (primary N) is 1. The van der Waals surface area contributed by atoms with Gasteiger partial charge in [0.05, 0.1) is 16.2 Å². The maximum Gasteiger partial charge on any atom is 0.410 e. The molecule has 2 rings (SSSR count). The topological polar surface area (TPSA) is 258 Å². The minimum absolute atomic E-state index is 0.00479. The Hall–Kier alpha value is -5.30. The van der Waals surface area contributed by atoms with Gasteiger partial charge >= 0.3 is 12.2 Å². The molecule has 0 aliphatic heterocycles. The van der Waals surface area contributed by atoms with E-state index in [-0.39, 0.29) is 55.7 Å². The number of carbonyl (C=O) groups excluding carboxylic acids is 5. The molecule has 2 aromatic carbocycles. The molecule has 0 fully saturated rings. The Morgan fingerprint density at radius 2 is 1.50 bits per heavy atom. The number of hydrogen-bond donors (Lipinski definition) is 5. The Morgan fingerprint density at radius 1 is 0.870 bits per heavy atom. The van der Waals surface area contributed by atoms with E-state index in [0.717, 1.165) is 29.8 Å². The first-order valence-corrected chi connectivity index (χ1v) is 19.0. The highest BCUT2D eigenvalue weighted by atomic mass is 32.2. The molecular weight excluding hydrogens is 726 g/mol. The number of amides is 5. The van der Waals surface area contributed by atoms with Crippen LogP contribution in [0.4, 0.5) is 15.3 Å². The van der Waals surface area contributed by atoms with Gasteiger partial charge in [-0.25, -0.2) is 22.7 Å². The number of nitro benzene ring substituents is 1. The molecule has 0 aliphatic carbocycles. The van der Waals surface area contributed by atoms with Crippen LogP contribution in [-0.4, -0.2) is 92.5 Å². The van der Waals surface area contributed by atoms with Crippen molar-refractivity contribution in [1.82, 2.24) is 25.6 Å². The molecule has 5 amide bonds. The molecule has 19 heteroatoms. The second-order valence-electron chi connectivity index (χ2n) is 13.2. The third-order valence-electron chi connectivity index (χ3n) is 7.46. The zero-order chi connectivity index (χ0) is 40.1. The monoisotopic (exact) mass is 777 g/mol. The van der Waals surface area contributed by atoms with Gasteiger partial charge in [-0.2, -0.15) is 0 Å². The fraction of sp³-hybridized carbons (Fsp3) is 0.514. The molecule has 0 saturated carbocycles. The van der Waals surface area contributed by atoms with Crippen LogP contribution in [0.2, 0.25) is 0 Å². The van der Waals surface area contributed by atoms with Crippen molar-refractivity contribution in [3.05, 3.63) is 70.3 Å². The number of rotatable bonds is 23. The van der Waals surface area contributed by atoms with Crippen LogP contribution in [0.15, 0.2) is 59.5 Å². The number of nitrogens with one attached hydrogen (secondary N) is 4. The van der Waals surface area contributed by atoms with Gasteiger partial charge in [0.25, 0.3) is 5.69 Å². The van der Waals surface area contributed by atoms with Gasteiger partial charge < -0.3 is 36.1 Å². The summed E-state index contributed by atoms with van der Waals surface area (Å²) in [5.74, 6) is -1.64. The Morgan fingerprint density at radius 3 is 2.11 bits per heavy atom. The summed E-state index contributed by atoms with van der Waals surface area (Å²) in [5, 5.41) is 18.7. The maximum atomic E-state index is 13.0. The van der Waals surface area contributed by atoms with E-state index in [1.165, 1.54) is 4.90 Å². The van der Waals surface area contributed by atoms with Gasteiger partial charge in [0.1, 0.15) is 18.2 Å². The average molecular weight is 778 g/mol. The molecule has 54 heavy (non-hydrogen) atoms. The fourth-order valence-electron chi connectivity index (χ4n) is 4.74. The van der Waals surface area contributed by atoms with E-state index in [4.69, 9.17) is 15.2 Å². The molecule has 6 N–H and O–H groups in total. The second-order valence-corrected chi connectivity index (χ2v) is 15.0. The molecule has 0 saturated heterocycles. The van der Waals surface area contributed by atoms with Gasteiger partial charge in [0, 0.05) is 51.3 Å². The smallest absolute Gasteiger partial charge is 0.410 e. The largest absolute Gasteiger partial charge is 0.445 e. The van der Waals surface area contributed by atoms with Gasteiger partial charge in [-0.3, -0.25) is 24.5 Å². The number of nitro groups is 1. The Labute approximate surface area is 315 Å². The first-order valence-electron chi connectivity index (χ1n) is 17.5. The predicted octanol–water partition coefficient (Wildman–Crippen LogP) is 2.85. The van der Waals surface area contributed by atoms with E-state index in [2.05, 4.69) is 20.7 Å². The highest BCUT2D eigenvalue weighted by Gasteiger charge is 2.26. The zero-order valence-corrected chi connectivity index (χ0v) is 31.7. The summed E-state index contributed by atoms with van der Waals surface area (Å²) in [7, 11) is -3.90. The van der Waals surface area contributed by atoms with Gasteiger partial charge in [0.2, 0.25) is 27.7 Å². The van der Waals surface area contributed by atoms with Crippen molar-refractivity contribution in [2.24, 2.45) is 5.73 Å². The predicted molar refractivity (Wildman–Crippen MR) is 197 cm³/mol. The van der Waals surface area contributed by atoms with Crippen molar-refractivity contribution in [3.8, 4) is 0 Å². The Bertz CT molecular complexity index is 1650. The molecule has 0 aromatic heterocycles. The summed E-state index contributed by atoms with van der Waals surface area (Å²) < 4.78 is 38.2. The van der Waals surface area contributed by atoms with Crippen LogP contribution in [-0.2, 0) is 40.5 Å². The lowest BCUT2D eigenvalue weighted by molar-refractivity contribution is -0.384. The summed E-state index contributed by atoms with van der Waals surface area (Å²) in [6.07, 6.45) is 0.669. The Balaban J connectivity index is 1.77. The van der Waals surface area contributed by atoms with Crippen LogP contribution in [0.5, 0.6) is 0 Å². The van der Waals surface area contributed by atoms with E-state index in [9.17, 15) is 42.5 Å². The van der Waals surface area contributed by atoms with Crippen LogP contribution >= 0.6 is 0 Å². The molecule has 0 unspecified atom stereocenters.